The van der Waals surface area contributed by atoms with E-state index >= 15 is 0 Å². The van der Waals surface area contributed by atoms with Gasteiger partial charge in [-0.25, -0.2) is 0 Å². The van der Waals surface area contributed by atoms with Gasteiger partial charge in [0.25, 0.3) is 0 Å². The van der Waals surface area contributed by atoms with Crippen molar-refractivity contribution in [2.75, 3.05) is 27.5 Å². The molecule has 0 aromatic heterocycles. The van der Waals surface area contributed by atoms with Gasteiger partial charge >= 0.3 is 6.61 Å². The Kier molecular flexibility index (Phi) is 9.88. The highest BCUT2D eigenvalue weighted by Crippen LogP contribution is 2.38. The molecule has 8 nitrogen and oxygen atoms in total. The zero-order chi connectivity index (χ0) is 22.2. The Morgan fingerprint density at radius 3 is 2.34 bits per heavy atom. The van der Waals surface area contributed by atoms with Crippen LogP contribution in [0.3, 0.4) is 0 Å². The summed E-state index contributed by atoms with van der Waals surface area (Å²) in [7, 11) is 3.22. The molecule has 176 valence electrons. The van der Waals surface area contributed by atoms with Gasteiger partial charge in [-0.15, -0.1) is 24.0 Å². The maximum Gasteiger partial charge on any atom is 0.387 e. The highest BCUT2D eigenvalue weighted by atomic mass is 127. The van der Waals surface area contributed by atoms with Gasteiger partial charge < -0.3 is 34.3 Å². The summed E-state index contributed by atoms with van der Waals surface area (Å²) in [5.41, 5.74) is 0.482. The molecule has 1 aliphatic heterocycles. The highest BCUT2D eigenvalue weighted by molar-refractivity contribution is 14.0. The Hall–Kier alpha value is -2.70. The first-order chi connectivity index (χ1) is 15.0. The number of methoxy groups -OCH3 is 1. The number of fused-ring (bicyclic) bond motifs is 1. The molecule has 0 bridgehead atoms. The second-order valence-electron chi connectivity index (χ2n) is 6.60. The fourth-order valence-electron chi connectivity index (χ4n) is 2.88. The standard InChI is InChI=1S/C21H25F2N3O5.HI/c1-13(30-16-6-4-15(27-3)5-7-16)10-25-21(24-2)26-11-14-8-18-19(29-12-28-18)9-17(14)31-20(22)23;/h4-9,13,20H,10-12H2,1-3H3,(H2,24,25,26);1H. The lowest BCUT2D eigenvalue weighted by atomic mass is 10.1. The third-order valence-corrected chi connectivity index (χ3v) is 4.40. The molecule has 0 fully saturated rings. The summed E-state index contributed by atoms with van der Waals surface area (Å²) in [6, 6.07) is 10.3. The fraction of sp³-hybridized carbons (Fsp3) is 0.381. The SMILES string of the molecule is CN=C(NCc1cc2c(cc1OC(F)F)OCO2)NCC(C)Oc1ccc(OC)cc1.I. The number of rotatable bonds is 9. The van der Waals surface area contributed by atoms with Crippen molar-refractivity contribution in [3.63, 3.8) is 0 Å². The summed E-state index contributed by atoms with van der Waals surface area (Å²) in [4.78, 5) is 4.15. The van der Waals surface area contributed by atoms with Gasteiger partial charge in [-0.3, -0.25) is 4.99 Å². The largest absolute Gasteiger partial charge is 0.497 e. The highest BCUT2D eigenvalue weighted by Gasteiger charge is 2.20. The lowest BCUT2D eigenvalue weighted by Crippen LogP contribution is -2.41. The van der Waals surface area contributed by atoms with E-state index in [4.69, 9.17) is 18.9 Å². The number of guanidine groups is 1. The summed E-state index contributed by atoms with van der Waals surface area (Å²) in [6.45, 7) is -0.348. The monoisotopic (exact) mass is 565 g/mol. The maximum atomic E-state index is 12.8. The molecule has 0 aliphatic carbocycles. The minimum Gasteiger partial charge on any atom is -0.497 e. The molecule has 0 amide bonds. The molecule has 0 saturated carbocycles. The minimum absolute atomic E-state index is 0. The van der Waals surface area contributed by atoms with Crippen LogP contribution >= 0.6 is 24.0 Å². The number of benzene rings is 2. The Morgan fingerprint density at radius 2 is 1.72 bits per heavy atom. The molecule has 32 heavy (non-hydrogen) atoms. The van der Waals surface area contributed by atoms with Gasteiger partial charge in [0.05, 0.1) is 13.7 Å². The number of alkyl halides is 2. The van der Waals surface area contributed by atoms with Crippen molar-refractivity contribution in [2.45, 2.75) is 26.2 Å². The predicted molar refractivity (Wildman–Crippen MR) is 126 cm³/mol. The molecule has 1 unspecified atom stereocenters. The van der Waals surface area contributed by atoms with Crippen LogP contribution in [-0.4, -0.2) is 46.2 Å². The van der Waals surface area contributed by atoms with Crippen LogP contribution in [0.15, 0.2) is 41.4 Å². The first-order valence-electron chi connectivity index (χ1n) is 9.61. The lowest BCUT2D eigenvalue weighted by Gasteiger charge is -2.18. The van der Waals surface area contributed by atoms with E-state index in [0.29, 0.717) is 35.3 Å². The summed E-state index contributed by atoms with van der Waals surface area (Å²) < 4.78 is 51.7. The average molecular weight is 565 g/mol. The first-order valence-corrected chi connectivity index (χ1v) is 9.61. The van der Waals surface area contributed by atoms with Crippen molar-refractivity contribution in [1.29, 1.82) is 0 Å². The van der Waals surface area contributed by atoms with Crippen LogP contribution in [0.4, 0.5) is 8.78 Å². The molecule has 2 aromatic rings. The second-order valence-corrected chi connectivity index (χ2v) is 6.60. The molecule has 0 radical (unpaired) electrons. The lowest BCUT2D eigenvalue weighted by molar-refractivity contribution is -0.0505. The molecule has 1 heterocycles. The summed E-state index contributed by atoms with van der Waals surface area (Å²) >= 11 is 0. The summed E-state index contributed by atoms with van der Waals surface area (Å²) in [5, 5.41) is 6.21. The van der Waals surface area contributed by atoms with Gasteiger partial charge in [-0.05, 0) is 37.3 Å². The number of hydrogen-bond donors (Lipinski definition) is 2. The van der Waals surface area contributed by atoms with E-state index in [2.05, 4.69) is 20.4 Å². The third kappa shape index (κ3) is 7.18. The number of halogens is 3. The van der Waals surface area contributed by atoms with Crippen molar-refractivity contribution >= 4 is 29.9 Å². The zero-order valence-electron chi connectivity index (χ0n) is 17.9. The Balaban J connectivity index is 0.00000363. The van der Waals surface area contributed by atoms with E-state index in [1.807, 2.05) is 31.2 Å². The van der Waals surface area contributed by atoms with Crippen LogP contribution in [0.1, 0.15) is 12.5 Å². The molecule has 0 saturated heterocycles. The minimum atomic E-state index is -2.95. The number of hydrogen-bond acceptors (Lipinski definition) is 6. The van der Waals surface area contributed by atoms with E-state index in [9.17, 15) is 8.78 Å². The maximum absolute atomic E-state index is 12.8. The molecule has 0 spiro atoms. The summed E-state index contributed by atoms with van der Waals surface area (Å²) in [5.74, 6) is 2.80. The number of nitrogens with one attached hydrogen (secondary N) is 2. The van der Waals surface area contributed by atoms with E-state index in [1.165, 1.54) is 6.07 Å². The molecule has 2 aromatic carbocycles. The number of ether oxygens (including phenoxy) is 5. The van der Waals surface area contributed by atoms with Gasteiger partial charge in [-0.2, -0.15) is 8.78 Å². The third-order valence-electron chi connectivity index (χ3n) is 4.40. The topological polar surface area (TPSA) is 82.6 Å². The van der Waals surface area contributed by atoms with Crippen molar-refractivity contribution < 1.29 is 32.5 Å². The van der Waals surface area contributed by atoms with E-state index < -0.39 is 6.61 Å². The van der Waals surface area contributed by atoms with Crippen molar-refractivity contribution in [1.82, 2.24) is 10.6 Å². The van der Waals surface area contributed by atoms with E-state index in [0.717, 1.165) is 5.75 Å². The Labute approximate surface area is 202 Å². The van der Waals surface area contributed by atoms with Crippen LogP contribution in [0.25, 0.3) is 0 Å². The Bertz CT molecular complexity index is 900. The average Bonchev–Trinajstić information content (AvgIpc) is 3.21. The van der Waals surface area contributed by atoms with Crippen LogP contribution in [0, 0.1) is 0 Å². The van der Waals surface area contributed by atoms with Crippen LogP contribution in [-0.2, 0) is 6.54 Å². The molecular weight excluding hydrogens is 539 g/mol. The molecule has 1 aliphatic rings. The molecule has 1 atom stereocenters. The van der Waals surface area contributed by atoms with Crippen LogP contribution in [0.5, 0.6) is 28.7 Å². The second kappa shape index (κ2) is 12.4. The predicted octanol–water partition coefficient (Wildman–Crippen LogP) is 3.78. The Morgan fingerprint density at radius 1 is 1.06 bits per heavy atom. The van der Waals surface area contributed by atoms with Gasteiger partial charge in [0, 0.05) is 25.2 Å². The van der Waals surface area contributed by atoms with Gasteiger partial charge in [0.1, 0.15) is 23.4 Å². The van der Waals surface area contributed by atoms with Crippen molar-refractivity contribution in [3.05, 3.63) is 42.0 Å². The van der Waals surface area contributed by atoms with E-state index in [-0.39, 0.29) is 49.2 Å². The van der Waals surface area contributed by atoms with Crippen molar-refractivity contribution in [2.24, 2.45) is 4.99 Å². The van der Waals surface area contributed by atoms with Crippen molar-refractivity contribution in [3.8, 4) is 28.7 Å². The van der Waals surface area contributed by atoms with E-state index in [1.54, 1.807) is 20.2 Å². The van der Waals surface area contributed by atoms with Gasteiger partial charge in [-0.1, -0.05) is 0 Å². The zero-order valence-corrected chi connectivity index (χ0v) is 20.2. The molecule has 11 heteroatoms. The number of nitrogens with zero attached hydrogens (tertiary/aromatic N) is 1. The van der Waals surface area contributed by atoms with Crippen LogP contribution < -0.4 is 34.3 Å². The normalized spacial score (nSPS) is 13.2. The number of aliphatic imine (C=N–C) groups is 1. The molecule has 3 rings (SSSR count). The fourth-order valence-corrected chi connectivity index (χ4v) is 2.88. The first kappa shape index (κ1) is 25.6. The smallest absolute Gasteiger partial charge is 0.387 e. The van der Waals surface area contributed by atoms with Crippen LogP contribution in [0.2, 0.25) is 0 Å². The van der Waals surface area contributed by atoms with Gasteiger partial charge in [0.15, 0.2) is 17.5 Å². The quantitative estimate of drug-likeness (QED) is 0.272. The van der Waals surface area contributed by atoms with Gasteiger partial charge in [0.2, 0.25) is 6.79 Å². The molecule has 2 N–H and O–H groups in total. The summed E-state index contributed by atoms with van der Waals surface area (Å²) in [6.07, 6.45) is -0.157. The molecular formula is C21H26F2IN3O5.